The molecule has 3 rings (SSSR count). The van der Waals surface area contributed by atoms with E-state index >= 15 is 0 Å². The second-order valence-electron chi connectivity index (χ2n) is 10.0. The van der Waals surface area contributed by atoms with E-state index in [1.54, 1.807) is 0 Å². The number of imidazole rings is 1. The number of ether oxygens (including phenoxy) is 1. The van der Waals surface area contributed by atoms with Crippen LogP contribution < -0.4 is 10.1 Å². The van der Waals surface area contributed by atoms with Gasteiger partial charge in [-0.1, -0.05) is 18.5 Å². The highest BCUT2D eigenvalue weighted by Crippen LogP contribution is 2.42. The smallest absolute Gasteiger partial charge is 0.400 e. The van der Waals surface area contributed by atoms with Gasteiger partial charge in [0.15, 0.2) is 23.2 Å². The van der Waals surface area contributed by atoms with Crippen LogP contribution in [0.4, 0.5) is 35.1 Å². The summed E-state index contributed by atoms with van der Waals surface area (Å²) in [6, 6.07) is 0.544. The number of aryl methyl sites for hydroxylation is 1. The number of aromatic nitrogens is 3. The molecular weight excluding hydrogens is 644 g/mol. The van der Waals surface area contributed by atoms with Crippen LogP contribution in [-0.4, -0.2) is 77.1 Å². The molecule has 1 amide bonds. The van der Waals surface area contributed by atoms with E-state index < -0.39 is 92.3 Å². The van der Waals surface area contributed by atoms with Gasteiger partial charge in [0.2, 0.25) is 0 Å². The van der Waals surface area contributed by atoms with Crippen molar-refractivity contribution in [3.63, 3.8) is 0 Å². The highest BCUT2D eigenvalue weighted by atomic mass is 35.5. The lowest BCUT2D eigenvalue weighted by atomic mass is 9.86. The lowest BCUT2D eigenvalue weighted by molar-refractivity contribution is -0.283. The molecule has 1 saturated carbocycles. The minimum Gasteiger partial charge on any atom is -0.431 e. The molecule has 1 aliphatic carbocycles. The first-order chi connectivity index (χ1) is 19.7. The third-order valence-electron chi connectivity index (χ3n) is 7.01. The standard InChI is InChI=1S/C24H27ClF8N4O5S/c1-3-17-36-18(21(39)35-10-12-4-5-13(8-14(12)38)43(2,40)41)19(25)37(17)20-15(42-22(26)27)6-11(9-34-20)7-16(23(28,29)30)24(31,32)33/h6,9,12-14,16,22,38H,3-5,7-8,10H2,1-2H3,(H,35,39)/t12-,13?,14+/m0/s1. The second kappa shape index (κ2) is 13.1. The van der Waals surface area contributed by atoms with Crippen molar-refractivity contribution in [1.82, 2.24) is 19.9 Å². The number of aliphatic hydroxyl groups is 1. The first-order valence-electron chi connectivity index (χ1n) is 12.7. The number of hydrogen-bond donors (Lipinski definition) is 2. The largest absolute Gasteiger partial charge is 0.431 e. The molecule has 1 fully saturated rings. The van der Waals surface area contributed by atoms with Crippen molar-refractivity contribution >= 4 is 27.3 Å². The average Bonchev–Trinajstić information content (AvgIpc) is 3.20. The maximum absolute atomic E-state index is 13.2. The number of aliphatic hydroxyl groups excluding tert-OH is 1. The molecule has 0 bridgehead atoms. The van der Waals surface area contributed by atoms with Crippen LogP contribution in [0.2, 0.25) is 5.15 Å². The monoisotopic (exact) mass is 670 g/mol. The molecule has 3 atom stereocenters. The van der Waals surface area contributed by atoms with Gasteiger partial charge in [-0.3, -0.25) is 9.36 Å². The Morgan fingerprint density at radius 2 is 1.84 bits per heavy atom. The first kappa shape index (κ1) is 34.8. The Kier molecular flexibility index (Phi) is 10.6. The SMILES string of the molecule is CCc1nc(C(=O)NC[C@@H]2CCC(S(C)(=O)=O)C[C@H]2O)c(Cl)n1-c1ncc(CC(C(F)(F)F)C(F)(F)F)cc1OC(F)F. The predicted octanol–water partition coefficient (Wildman–Crippen LogP) is 4.67. The van der Waals surface area contributed by atoms with Gasteiger partial charge in [-0.25, -0.2) is 18.4 Å². The van der Waals surface area contributed by atoms with Crippen molar-refractivity contribution in [3.05, 3.63) is 34.5 Å². The van der Waals surface area contributed by atoms with Gasteiger partial charge in [0, 0.05) is 31.3 Å². The second-order valence-corrected chi connectivity index (χ2v) is 12.7. The number of rotatable bonds is 10. The van der Waals surface area contributed by atoms with Gasteiger partial charge in [-0.15, -0.1) is 0 Å². The summed E-state index contributed by atoms with van der Waals surface area (Å²) >= 11 is 6.35. The molecule has 242 valence electrons. The molecule has 9 nitrogen and oxygen atoms in total. The summed E-state index contributed by atoms with van der Waals surface area (Å²) in [7, 11) is -3.37. The molecule has 1 unspecified atom stereocenters. The van der Waals surface area contributed by atoms with Crippen LogP contribution in [-0.2, 0) is 22.7 Å². The lowest BCUT2D eigenvalue weighted by Crippen LogP contribution is -2.41. The lowest BCUT2D eigenvalue weighted by Gasteiger charge is -2.32. The summed E-state index contributed by atoms with van der Waals surface area (Å²) in [5, 5.41) is 11.7. The van der Waals surface area contributed by atoms with Crippen molar-refractivity contribution in [2.24, 2.45) is 11.8 Å². The van der Waals surface area contributed by atoms with E-state index in [0.29, 0.717) is 12.3 Å². The van der Waals surface area contributed by atoms with Gasteiger partial charge in [0.1, 0.15) is 20.8 Å². The zero-order chi connectivity index (χ0) is 32.5. The minimum atomic E-state index is -5.69. The van der Waals surface area contributed by atoms with E-state index in [-0.39, 0.29) is 38.1 Å². The number of sulfone groups is 1. The maximum Gasteiger partial charge on any atom is 0.400 e. The van der Waals surface area contributed by atoms with Gasteiger partial charge >= 0.3 is 19.0 Å². The van der Waals surface area contributed by atoms with Crippen LogP contribution in [0.15, 0.2) is 12.3 Å². The van der Waals surface area contributed by atoms with E-state index in [1.165, 1.54) is 6.92 Å². The summed E-state index contributed by atoms with van der Waals surface area (Å²) in [6.45, 7) is -2.11. The van der Waals surface area contributed by atoms with Gasteiger partial charge in [-0.05, 0) is 37.3 Å². The Labute approximate surface area is 245 Å². The molecular formula is C24H27ClF8N4O5S. The minimum absolute atomic E-state index is 0.0169. The molecule has 0 spiro atoms. The Morgan fingerprint density at radius 1 is 1.21 bits per heavy atom. The molecule has 2 N–H and O–H groups in total. The van der Waals surface area contributed by atoms with Crippen molar-refractivity contribution in [1.29, 1.82) is 0 Å². The highest BCUT2D eigenvalue weighted by molar-refractivity contribution is 7.91. The van der Waals surface area contributed by atoms with E-state index in [0.717, 1.165) is 10.8 Å². The number of alkyl halides is 8. The van der Waals surface area contributed by atoms with Crippen molar-refractivity contribution < 1.29 is 58.2 Å². The molecule has 43 heavy (non-hydrogen) atoms. The van der Waals surface area contributed by atoms with Crippen molar-refractivity contribution in [2.75, 3.05) is 12.8 Å². The molecule has 0 radical (unpaired) electrons. The number of halogens is 9. The van der Waals surface area contributed by atoms with Crippen LogP contribution in [0, 0.1) is 11.8 Å². The van der Waals surface area contributed by atoms with E-state index in [9.17, 15) is 53.4 Å². The zero-order valence-electron chi connectivity index (χ0n) is 22.5. The quantitative estimate of drug-likeness (QED) is 0.352. The van der Waals surface area contributed by atoms with Crippen molar-refractivity contribution in [3.8, 4) is 11.6 Å². The number of carbonyl (C=O) groups excluding carboxylic acids is 1. The van der Waals surface area contributed by atoms with E-state index in [1.807, 2.05) is 0 Å². The highest BCUT2D eigenvalue weighted by Gasteiger charge is 2.56. The normalized spacial score (nSPS) is 20.1. The summed E-state index contributed by atoms with van der Waals surface area (Å²) < 4.78 is 134. The molecule has 2 heterocycles. The number of amides is 1. The van der Waals surface area contributed by atoms with Crippen LogP contribution in [0.5, 0.6) is 5.75 Å². The fraction of sp³-hybridized carbons (Fsp3) is 0.625. The summed E-state index contributed by atoms with van der Waals surface area (Å²) in [5.41, 5.74) is -1.13. The van der Waals surface area contributed by atoms with Gasteiger partial charge < -0.3 is 15.2 Å². The van der Waals surface area contributed by atoms with Crippen LogP contribution in [0.3, 0.4) is 0 Å². The van der Waals surface area contributed by atoms with Crippen LogP contribution in [0.1, 0.15) is 48.1 Å². The predicted molar refractivity (Wildman–Crippen MR) is 136 cm³/mol. The van der Waals surface area contributed by atoms with E-state index in [4.69, 9.17) is 11.6 Å². The van der Waals surface area contributed by atoms with Crippen molar-refractivity contribution in [2.45, 2.75) is 69.3 Å². The van der Waals surface area contributed by atoms with Gasteiger partial charge in [-0.2, -0.15) is 35.1 Å². The molecule has 0 aliphatic heterocycles. The fourth-order valence-electron chi connectivity index (χ4n) is 4.74. The van der Waals surface area contributed by atoms with Crippen LogP contribution in [0.25, 0.3) is 5.82 Å². The third kappa shape index (κ3) is 8.47. The summed E-state index contributed by atoms with van der Waals surface area (Å²) in [5.74, 6) is -6.67. The Morgan fingerprint density at radius 3 is 2.35 bits per heavy atom. The number of nitrogens with one attached hydrogen (secondary N) is 1. The Hall–Kier alpha value is -2.73. The maximum atomic E-state index is 13.2. The first-order valence-corrected chi connectivity index (χ1v) is 15.1. The molecule has 0 saturated heterocycles. The number of hydrogen-bond acceptors (Lipinski definition) is 7. The molecule has 0 aromatic carbocycles. The molecule has 1 aliphatic rings. The zero-order valence-corrected chi connectivity index (χ0v) is 24.1. The third-order valence-corrected chi connectivity index (χ3v) is 8.99. The van der Waals surface area contributed by atoms with Crippen LogP contribution >= 0.6 is 11.6 Å². The van der Waals surface area contributed by atoms with Gasteiger partial charge in [0.25, 0.3) is 5.91 Å². The number of nitrogens with zero attached hydrogens (tertiary/aromatic N) is 3. The molecule has 2 aromatic rings. The summed E-state index contributed by atoms with van der Waals surface area (Å²) in [6.07, 6.45) is -11.8. The topological polar surface area (TPSA) is 123 Å². The molecule has 19 heteroatoms. The van der Waals surface area contributed by atoms with Gasteiger partial charge in [0.05, 0.1) is 11.4 Å². The van der Waals surface area contributed by atoms with E-state index in [2.05, 4.69) is 20.0 Å². The molecule has 2 aromatic heterocycles. The Balaban J connectivity index is 1.90. The number of pyridine rings is 1. The fourth-order valence-corrected chi connectivity index (χ4v) is 6.16. The summed E-state index contributed by atoms with van der Waals surface area (Å²) in [4.78, 5) is 20.8. The number of carbonyl (C=O) groups is 1. The Bertz CT molecular complexity index is 1400. The average molecular weight is 671 g/mol.